The van der Waals surface area contributed by atoms with E-state index in [9.17, 15) is 4.39 Å². The fourth-order valence-electron chi connectivity index (χ4n) is 4.10. The summed E-state index contributed by atoms with van der Waals surface area (Å²) in [5.41, 5.74) is 0.522. The minimum absolute atomic E-state index is 0. The third kappa shape index (κ3) is 4.14. The van der Waals surface area contributed by atoms with Gasteiger partial charge < -0.3 is 4.74 Å². The van der Waals surface area contributed by atoms with Crippen molar-refractivity contribution in [3.63, 3.8) is 0 Å². The molecule has 1 saturated heterocycles. The van der Waals surface area contributed by atoms with Crippen LogP contribution in [0.3, 0.4) is 0 Å². The highest BCUT2D eigenvalue weighted by Crippen LogP contribution is 2.41. The second-order valence-electron chi connectivity index (χ2n) is 6.53. The Morgan fingerprint density at radius 2 is 1.68 bits per heavy atom. The summed E-state index contributed by atoms with van der Waals surface area (Å²) in [5.74, 6) is 0.559. The lowest BCUT2D eigenvalue weighted by Gasteiger charge is -2.41. The van der Waals surface area contributed by atoms with Crippen molar-refractivity contribution in [1.29, 1.82) is 0 Å². The molecule has 2 nitrogen and oxygen atoms in total. The average Bonchev–Trinajstić information content (AvgIpc) is 2.88. The SMILES string of the molecule is Cl.Fc1ccc(OCCCN2CCCC23CCCCC3)cc1. The number of ether oxygens (including phenoxy) is 1. The summed E-state index contributed by atoms with van der Waals surface area (Å²) in [4.78, 5) is 2.72. The van der Waals surface area contributed by atoms with E-state index in [-0.39, 0.29) is 18.2 Å². The van der Waals surface area contributed by atoms with Gasteiger partial charge in [0.15, 0.2) is 0 Å². The van der Waals surface area contributed by atoms with Crippen LogP contribution in [0.15, 0.2) is 24.3 Å². The Labute approximate surface area is 139 Å². The van der Waals surface area contributed by atoms with E-state index in [0.29, 0.717) is 5.54 Å². The maximum Gasteiger partial charge on any atom is 0.123 e. The first-order valence-corrected chi connectivity index (χ1v) is 8.42. The molecule has 0 bridgehead atoms. The first-order chi connectivity index (χ1) is 10.3. The summed E-state index contributed by atoms with van der Waals surface area (Å²) in [6.45, 7) is 3.12. The van der Waals surface area contributed by atoms with Crippen molar-refractivity contribution in [3.8, 4) is 5.75 Å². The fourth-order valence-corrected chi connectivity index (χ4v) is 4.10. The van der Waals surface area contributed by atoms with Crippen LogP contribution in [0.5, 0.6) is 5.75 Å². The number of hydrogen-bond donors (Lipinski definition) is 0. The van der Waals surface area contributed by atoms with Crippen LogP contribution < -0.4 is 4.74 Å². The molecular formula is C18H27ClFNO. The standard InChI is InChI=1S/C18H26FNO.ClH/c19-16-6-8-17(9-7-16)21-15-5-14-20-13-4-12-18(20)10-2-1-3-11-18;/h6-9H,1-5,10-15H2;1H. The Kier molecular flexibility index (Phi) is 6.51. The number of benzene rings is 1. The van der Waals surface area contributed by atoms with E-state index in [1.54, 1.807) is 12.1 Å². The average molecular weight is 328 g/mol. The largest absolute Gasteiger partial charge is 0.494 e. The number of hydrogen-bond acceptors (Lipinski definition) is 2. The highest BCUT2D eigenvalue weighted by Gasteiger charge is 2.40. The van der Waals surface area contributed by atoms with Crippen molar-refractivity contribution in [1.82, 2.24) is 4.90 Å². The molecule has 0 amide bonds. The van der Waals surface area contributed by atoms with E-state index in [2.05, 4.69) is 4.90 Å². The molecule has 0 aromatic heterocycles. The van der Waals surface area contributed by atoms with E-state index in [1.807, 2.05) is 0 Å². The second-order valence-corrected chi connectivity index (χ2v) is 6.53. The molecule has 0 unspecified atom stereocenters. The van der Waals surface area contributed by atoms with Gasteiger partial charge in [-0.3, -0.25) is 4.90 Å². The van der Waals surface area contributed by atoms with Crippen molar-refractivity contribution >= 4 is 12.4 Å². The van der Waals surface area contributed by atoms with Crippen molar-refractivity contribution in [3.05, 3.63) is 30.1 Å². The number of halogens is 2. The molecule has 2 fully saturated rings. The Hall–Kier alpha value is -0.800. The molecule has 22 heavy (non-hydrogen) atoms. The molecule has 124 valence electrons. The Morgan fingerprint density at radius 1 is 1.00 bits per heavy atom. The van der Waals surface area contributed by atoms with Gasteiger partial charge in [-0.1, -0.05) is 19.3 Å². The first kappa shape index (κ1) is 17.6. The molecule has 4 heteroatoms. The van der Waals surface area contributed by atoms with Crippen LogP contribution >= 0.6 is 12.4 Å². The Bertz CT molecular complexity index is 445. The van der Waals surface area contributed by atoms with Crippen molar-refractivity contribution < 1.29 is 9.13 Å². The van der Waals surface area contributed by atoms with Gasteiger partial charge >= 0.3 is 0 Å². The van der Waals surface area contributed by atoms with Crippen LogP contribution in [0.4, 0.5) is 4.39 Å². The lowest BCUT2D eigenvalue weighted by molar-refractivity contribution is 0.0870. The summed E-state index contributed by atoms with van der Waals surface area (Å²) in [7, 11) is 0. The minimum Gasteiger partial charge on any atom is -0.494 e. The first-order valence-electron chi connectivity index (χ1n) is 8.42. The minimum atomic E-state index is -0.210. The van der Waals surface area contributed by atoms with Gasteiger partial charge in [-0.15, -0.1) is 12.4 Å². The maximum atomic E-state index is 12.8. The van der Waals surface area contributed by atoms with Crippen LogP contribution in [-0.2, 0) is 0 Å². The van der Waals surface area contributed by atoms with Gasteiger partial charge in [0, 0.05) is 12.1 Å². The molecule has 1 aromatic rings. The zero-order valence-corrected chi connectivity index (χ0v) is 14.0. The highest BCUT2D eigenvalue weighted by molar-refractivity contribution is 5.85. The zero-order chi connectivity index (χ0) is 14.5. The number of rotatable bonds is 5. The molecule has 1 aliphatic carbocycles. The summed E-state index contributed by atoms with van der Waals surface area (Å²) < 4.78 is 18.5. The highest BCUT2D eigenvalue weighted by atomic mass is 35.5. The lowest BCUT2D eigenvalue weighted by atomic mass is 9.80. The summed E-state index contributed by atoms with van der Waals surface area (Å²) in [5, 5.41) is 0. The second kappa shape index (κ2) is 8.16. The van der Waals surface area contributed by atoms with Crippen molar-refractivity contribution in [2.45, 2.75) is 56.9 Å². The van der Waals surface area contributed by atoms with Crippen molar-refractivity contribution in [2.75, 3.05) is 19.7 Å². The quantitative estimate of drug-likeness (QED) is 0.719. The van der Waals surface area contributed by atoms with Gasteiger partial charge in [0.1, 0.15) is 11.6 Å². The molecule has 1 saturated carbocycles. The third-order valence-corrected chi connectivity index (χ3v) is 5.18. The topological polar surface area (TPSA) is 12.5 Å². The zero-order valence-electron chi connectivity index (χ0n) is 13.2. The van der Waals surface area contributed by atoms with Crippen LogP contribution in [0.2, 0.25) is 0 Å². The summed E-state index contributed by atoms with van der Waals surface area (Å²) in [6, 6.07) is 6.31. The molecule has 3 rings (SSSR count). The third-order valence-electron chi connectivity index (χ3n) is 5.18. The molecular weight excluding hydrogens is 301 g/mol. The molecule has 1 aromatic carbocycles. The van der Waals surface area contributed by atoms with Crippen LogP contribution in [0.25, 0.3) is 0 Å². The predicted molar refractivity (Wildman–Crippen MR) is 90.4 cm³/mol. The van der Waals surface area contributed by atoms with Gasteiger partial charge in [-0.25, -0.2) is 4.39 Å². The molecule has 1 spiro atoms. The molecule has 2 aliphatic rings. The Balaban J connectivity index is 0.00000176. The van der Waals surface area contributed by atoms with E-state index in [1.165, 1.54) is 63.6 Å². The number of likely N-dealkylation sites (tertiary alicyclic amines) is 1. The van der Waals surface area contributed by atoms with Crippen molar-refractivity contribution in [2.24, 2.45) is 0 Å². The van der Waals surface area contributed by atoms with Gasteiger partial charge in [0.2, 0.25) is 0 Å². The normalized spacial score (nSPS) is 20.8. The van der Waals surface area contributed by atoms with Gasteiger partial charge in [0.25, 0.3) is 0 Å². The van der Waals surface area contributed by atoms with Gasteiger partial charge in [-0.05, 0) is 62.9 Å². The lowest BCUT2D eigenvalue weighted by Crippen LogP contribution is -2.45. The summed E-state index contributed by atoms with van der Waals surface area (Å²) >= 11 is 0. The smallest absolute Gasteiger partial charge is 0.123 e. The summed E-state index contributed by atoms with van der Waals surface area (Å²) in [6.07, 6.45) is 10.8. The van der Waals surface area contributed by atoms with Crippen LogP contribution in [0.1, 0.15) is 51.4 Å². The maximum absolute atomic E-state index is 12.8. The fraction of sp³-hybridized carbons (Fsp3) is 0.667. The molecule has 0 N–H and O–H groups in total. The Morgan fingerprint density at radius 3 is 2.41 bits per heavy atom. The van der Waals surface area contributed by atoms with E-state index < -0.39 is 0 Å². The monoisotopic (exact) mass is 327 g/mol. The number of nitrogens with zero attached hydrogens (tertiary/aromatic N) is 1. The molecule has 0 radical (unpaired) electrons. The predicted octanol–water partition coefficient (Wildman–Crippen LogP) is 4.82. The molecule has 1 heterocycles. The van der Waals surface area contributed by atoms with Crippen LogP contribution in [-0.4, -0.2) is 30.1 Å². The van der Waals surface area contributed by atoms with Gasteiger partial charge in [-0.2, -0.15) is 0 Å². The van der Waals surface area contributed by atoms with Crippen LogP contribution in [0, 0.1) is 5.82 Å². The van der Waals surface area contributed by atoms with E-state index in [4.69, 9.17) is 4.74 Å². The molecule has 0 atom stereocenters. The van der Waals surface area contributed by atoms with Gasteiger partial charge in [0.05, 0.1) is 6.61 Å². The van der Waals surface area contributed by atoms with E-state index >= 15 is 0 Å². The van der Waals surface area contributed by atoms with E-state index in [0.717, 1.165) is 25.3 Å². The molecule has 1 aliphatic heterocycles.